The van der Waals surface area contributed by atoms with E-state index in [1.54, 1.807) is 6.26 Å². The smallest absolute Gasteiger partial charge is 0.176 e. The Hall–Kier alpha value is -0.870. The molecule has 0 bridgehead atoms. The minimum Gasteiger partial charge on any atom is -0.493 e. The van der Waals surface area contributed by atoms with Gasteiger partial charge in [-0.2, -0.15) is 0 Å². The van der Waals surface area contributed by atoms with E-state index in [0.29, 0.717) is 19.8 Å². The molecule has 4 nitrogen and oxygen atoms in total. The number of hydrogen-bond donors (Lipinski definition) is 0. The molecule has 0 amide bonds. The van der Waals surface area contributed by atoms with Crippen molar-refractivity contribution in [3.63, 3.8) is 0 Å². The Morgan fingerprint density at radius 2 is 2.19 bits per heavy atom. The van der Waals surface area contributed by atoms with Crippen molar-refractivity contribution in [1.82, 2.24) is 0 Å². The molecule has 1 rings (SSSR count). The molecule has 0 N–H and O–H groups in total. The molecule has 1 atom stereocenters. The summed E-state index contributed by atoms with van der Waals surface area (Å²) in [6.45, 7) is 5.71. The van der Waals surface area contributed by atoms with E-state index >= 15 is 0 Å². The summed E-state index contributed by atoms with van der Waals surface area (Å²) < 4.78 is 16.1. The molecule has 1 aliphatic rings. The lowest BCUT2D eigenvalue weighted by Gasteiger charge is -2.16. The second-order valence-electron chi connectivity index (χ2n) is 3.48. The van der Waals surface area contributed by atoms with Gasteiger partial charge in [0.2, 0.25) is 0 Å². The van der Waals surface area contributed by atoms with Gasteiger partial charge in [-0.05, 0) is 32.8 Å². The van der Waals surface area contributed by atoms with Crippen LogP contribution in [0.3, 0.4) is 0 Å². The Balaban J connectivity index is 2.24. The standard InChI is InChI=1S/C12H21NO3/c1-3-14-12(15-4-2)10-13-9-11-7-5-6-8-16-11/h6,8-9,11-12H,3-5,7,10H2,1-2H3/t11-/m0/s1. The molecule has 92 valence electrons. The SMILES string of the molecule is CCOC(CN=C[C@@H]1CCC=CO1)OCC. The van der Waals surface area contributed by atoms with Crippen molar-refractivity contribution < 1.29 is 14.2 Å². The van der Waals surface area contributed by atoms with Crippen molar-refractivity contribution in [2.24, 2.45) is 4.99 Å². The highest BCUT2D eigenvalue weighted by Gasteiger charge is 2.09. The van der Waals surface area contributed by atoms with E-state index in [2.05, 4.69) is 4.99 Å². The van der Waals surface area contributed by atoms with E-state index in [-0.39, 0.29) is 12.4 Å². The van der Waals surface area contributed by atoms with Crippen molar-refractivity contribution in [1.29, 1.82) is 0 Å². The Morgan fingerprint density at radius 3 is 2.75 bits per heavy atom. The fourth-order valence-electron chi connectivity index (χ4n) is 1.45. The second-order valence-corrected chi connectivity index (χ2v) is 3.48. The van der Waals surface area contributed by atoms with Crippen LogP contribution in [0, 0.1) is 0 Å². The van der Waals surface area contributed by atoms with Crippen molar-refractivity contribution in [3.8, 4) is 0 Å². The largest absolute Gasteiger partial charge is 0.493 e. The summed E-state index contributed by atoms with van der Waals surface area (Å²) in [5, 5.41) is 0. The Kier molecular flexibility index (Phi) is 6.85. The van der Waals surface area contributed by atoms with E-state index in [0.717, 1.165) is 12.8 Å². The molecule has 0 unspecified atom stereocenters. The zero-order valence-corrected chi connectivity index (χ0v) is 10.1. The first kappa shape index (κ1) is 13.2. The molecule has 1 aliphatic heterocycles. The highest BCUT2D eigenvalue weighted by Crippen LogP contribution is 2.08. The van der Waals surface area contributed by atoms with Gasteiger partial charge in [-0.15, -0.1) is 0 Å². The van der Waals surface area contributed by atoms with Crippen LogP contribution in [0.4, 0.5) is 0 Å². The van der Waals surface area contributed by atoms with Crippen LogP contribution in [0.2, 0.25) is 0 Å². The predicted molar refractivity (Wildman–Crippen MR) is 63.6 cm³/mol. The van der Waals surface area contributed by atoms with Gasteiger partial charge in [0.25, 0.3) is 0 Å². The average Bonchev–Trinajstić information content (AvgIpc) is 2.31. The monoisotopic (exact) mass is 227 g/mol. The molecule has 4 heteroatoms. The molecule has 0 aromatic carbocycles. The summed E-state index contributed by atoms with van der Waals surface area (Å²) >= 11 is 0. The summed E-state index contributed by atoms with van der Waals surface area (Å²) in [6.07, 6.45) is 7.52. The van der Waals surface area contributed by atoms with Crippen LogP contribution in [0.15, 0.2) is 17.3 Å². The number of hydrogen-bond acceptors (Lipinski definition) is 4. The Morgan fingerprint density at radius 1 is 1.44 bits per heavy atom. The summed E-state index contributed by atoms with van der Waals surface area (Å²) in [7, 11) is 0. The van der Waals surface area contributed by atoms with Crippen molar-refractivity contribution in [2.45, 2.75) is 39.1 Å². The normalized spacial score (nSPS) is 20.6. The van der Waals surface area contributed by atoms with Crippen LogP contribution in [-0.4, -0.2) is 38.4 Å². The van der Waals surface area contributed by atoms with E-state index in [9.17, 15) is 0 Å². The van der Waals surface area contributed by atoms with Crippen LogP contribution in [0.5, 0.6) is 0 Å². The van der Waals surface area contributed by atoms with Crippen LogP contribution in [0.1, 0.15) is 26.7 Å². The van der Waals surface area contributed by atoms with Gasteiger partial charge in [0.15, 0.2) is 6.29 Å². The first-order valence-electron chi connectivity index (χ1n) is 5.90. The number of rotatable bonds is 7. The van der Waals surface area contributed by atoms with Gasteiger partial charge in [0.05, 0.1) is 12.8 Å². The van der Waals surface area contributed by atoms with Gasteiger partial charge < -0.3 is 14.2 Å². The van der Waals surface area contributed by atoms with E-state index in [1.807, 2.05) is 26.1 Å². The molecule has 0 radical (unpaired) electrons. The maximum atomic E-state index is 5.38. The number of ether oxygens (including phenoxy) is 3. The minimum atomic E-state index is -0.231. The molecule has 0 saturated heterocycles. The topological polar surface area (TPSA) is 40.0 Å². The lowest BCUT2D eigenvalue weighted by atomic mass is 10.2. The fraction of sp³-hybridized carbons (Fsp3) is 0.750. The number of nitrogens with zero attached hydrogens (tertiary/aromatic N) is 1. The number of allylic oxidation sites excluding steroid dienone is 1. The molecule has 0 fully saturated rings. The second kappa shape index (κ2) is 8.30. The zero-order valence-electron chi connectivity index (χ0n) is 10.1. The first-order chi connectivity index (χ1) is 7.86. The van der Waals surface area contributed by atoms with Gasteiger partial charge in [0.1, 0.15) is 6.10 Å². The average molecular weight is 227 g/mol. The zero-order chi connectivity index (χ0) is 11.6. The molecule has 16 heavy (non-hydrogen) atoms. The Bertz CT molecular complexity index is 222. The molecule has 0 aliphatic carbocycles. The first-order valence-corrected chi connectivity index (χ1v) is 5.90. The summed E-state index contributed by atoms with van der Waals surface area (Å²) in [5.41, 5.74) is 0. The molecule has 0 saturated carbocycles. The number of aliphatic imine (C=N–C) groups is 1. The van der Waals surface area contributed by atoms with Crippen LogP contribution >= 0.6 is 0 Å². The van der Waals surface area contributed by atoms with Crippen molar-refractivity contribution >= 4 is 6.21 Å². The van der Waals surface area contributed by atoms with Crippen molar-refractivity contribution in [2.75, 3.05) is 19.8 Å². The molecule has 0 spiro atoms. The lowest BCUT2D eigenvalue weighted by Crippen LogP contribution is -2.22. The van der Waals surface area contributed by atoms with Gasteiger partial charge in [0, 0.05) is 19.4 Å². The summed E-state index contributed by atoms with van der Waals surface area (Å²) in [4.78, 5) is 4.30. The third-order valence-electron chi connectivity index (χ3n) is 2.20. The molecule has 0 aromatic heterocycles. The van der Waals surface area contributed by atoms with Crippen LogP contribution in [-0.2, 0) is 14.2 Å². The highest BCUT2D eigenvalue weighted by atomic mass is 16.7. The molecule has 1 heterocycles. The van der Waals surface area contributed by atoms with Crippen molar-refractivity contribution in [3.05, 3.63) is 12.3 Å². The maximum Gasteiger partial charge on any atom is 0.176 e. The maximum absolute atomic E-state index is 5.38. The quantitative estimate of drug-likeness (QED) is 0.494. The van der Waals surface area contributed by atoms with Gasteiger partial charge >= 0.3 is 0 Å². The van der Waals surface area contributed by atoms with Crippen LogP contribution < -0.4 is 0 Å². The predicted octanol–water partition coefficient (Wildman–Crippen LogP) is 2.15. The lowest BCUT2D eigenvalue weighted by molar-refractivity contribution is -0.128. The van der Waals surface area contributed by atoms with Gasteiger partial charge in [-0.3, -0.25) is 4.99 Å². The third kappa shape index (κ3) is 5.28. The highest BCUT2D eigenvalue weighted by molar-refractivity contribution is 5.63. The summed E-state index contributed by atoms with van der Waals surface area (Å²) in [5.74, 6) is 0. The molecular formula is C12H21NO3. The van der Waals surface area contributed by atoms with Crippen LogP contribution in [0.25, 0.3) is 0 Å². The van der Waals surface area contributed by atoms with E-state index < -0.39 is 0 Å². The van der Waals surface area contributed by atoms with Gasteiger partial charge in [-0.1, -0.05) is 0 Å². The van der Waals surface area contributed by atoms with E-state index in [1.165, 1.54) is 0 Å². The third-order valence-corrected chi connectivity index (χ3v) is 2.20. The van der Waals surface area contributed by atoms with Gasteiger partial charge in [-0.25, -0.2) is 0 Å². The Labute approximate surface area is 97.3 Å². The fourth-order valence-corrected chi connectivity index (χ4v) is 1.45. The summed E-state index contributed by atoms with van der Waals surface area (Å²) in [6, 6.07) is 0. The minimum absolute atomic E-state index is 0.105. The molecular weight excluding hydrogens is 206 g/mol. The van der Waals surface area contributed by atoms with E-state index in [4.69, 9.17) is 14.2 Å². The molecule has 0 aromatic rings.